The van der Waals surface area contributed by atoms with Crippen LogP contribution in [0.1, 0.15) is 20.3 Å². The van der Waals surface area contributed by atoms with E-state index in [0.717, 1.165) is 30.0 Å². The Hall–Kier alpha value is -2.15. The number of rotatable bonds is 9. The Labute approximate surface area is 160 Å². The Balaban J connectivity index is 2.12. The Morgan fingerprint density at radius 2 is 1.62 bits per heavy atom. The molecule has 0 radical (unpaired) electrons. The third-order valence-electron chi connectivity index (χ3n) is 4.15. The van der Waals surface area contributed by atoms with Gasteiger partial charge in [-0.1, -0.05) is 43.0 Å². The van der Waals surface area contributed by atoms with Crippen molar-refractivity contribution in [3.63, 3.8) is 0 Å². The van der Waals surface area contributed by atoms with Crippen LogP contribution < -0.4 is 21.9 Å². The van der Waals surface area contributed by atoms with Crippen LogP contribution in [0.25, 0.3) is 11.1 Å². The van der Waals surface area contributed by atoms with E-state index < -0.39 is 0 Å². The summed E-state index contributed by atoms with van der Waals surface area (Å²) in [5.41, 5.74) is 12.4. The number of benzene rings is 2. The van der Waals surface area contributed by atoms with Crippen LogP contribution in [0.5, 0.6) is 0 Å². The number of nitrogens with two attached hydrogens (primary N) is 2. The summed E-state index contributed by atoms with van der Waals surface area (Å²) in [6, 6.07) is 16.9. The minimum Gasteiger partial charge on any atom is -0.392 e. The molecule has 0 saturated heterocycles. The first-order valence-corrected chi connectivity index (χ1v) is 9.63. The molecule has 0 spiro atoms. The molecule has 2 aromatic carbocycles. The van der Waals surface area contributed by atoms with Gasteiger partial charge in [-0.05, 0) is 48.7 Å². The number of hydrazine groups is 1. The van der Waals surface area contributed by atoms with Crippen molar-refractivity contribution < 1.29 is 5.11 Å². The van der Waals surface area contributed by atoms with E-state index in [1.165, 1.54) is 23.0 Å². The Morgan fingerprint density at radius 1 is 1.04 bits per heavy atom. The van der Waals surface area contributed by atoms with Crippen LogP contribution >= 0.6 is 11.8 Å². The molecule has 0 saturated carbocycles. The summed E-state index contributed by atoms with van der Waals surface area (Å²) in [6.07, 6.45) is 1.14. The summed E-state index contributed by atoms with van der Waals surface area (Å²) >= 11 is 1.37. The van der Waals surface area contributed by atoms with Crippen LogP contribution in [0.3, 0.4) is 0 Å². The summed E-state index contributed by atoms with van der Waals surface area (Å²) in [5, 5.41) is 9.64. The fraction of sp³-hybridized carbons (Fsp3) is 0.300. The molecular formula is C20H28N4OS. The average Bonchev–Trinajstić information content (AvgIpc) is 2.68. The first-order valence-electron chi connectivity index (χ1n) is 8.82. The van der Waals surface area contributed by atoms with Gasteiger partial charge >= 0.3 is 0 Å². The van der Waals surface area contributed by atoms with Gasteiger partial charge in [0.05, 0.1) is 17.3 Å². The van der Waals surface area contributed by atoms with Crippen molar-refractivity contribution in [1.82, 2.24) is 5.43 Å². The Morgan fingerprint density at radius 3 is 2.08 bits per heavy atom. The van der Waals surface area contributed by atoms with Gasteiger partial charge in [-0.2, -0.15) is 0 Å². The normalized spacial score (nSPS) is 11.8. The molecule has 6 N–H and O–H groups in total. The molecule has 2 aromatic rings. The minimum atomic E-state index is -0.216. The zero-order chi connectivity index (χ0) is 18.9. The van der Waals surface area contributed by atoms with Gasteiger partial charge in [-0.25, -0.2) is 0 Å². The predicted octanol–water partition coefficient (Wildman–Crippen LogP) is 3.27. The molecule has 0 amide bonds. The van der Waals surface area contributed by atoms with E-state index in [9.17, 15) is 5.11 Å². The molecule has 0 atom stereocenters. The summed E-state index contributed by atoms with van der Waals surface area (Å²) in [5.74, 6) is 5.34. The van der Waals surface area contributed by atoms with Gasteiger partial charge < -0.3 is 21.2 Å². The van der Waals surface area contributed by atoms with Crippen molar-refractivity contribution in [2.24, 2.45) is 11.6 Å². The first-order chi connectivity index (χ1) is 12.6. The molecule has 0 aliphatic carbocycles. The quantitative estimate of drug-likeness (QED) is 0.307. The van der Waals surface area contributed by atoms with E-state index in [1.807, 2.05) is 12.1 Å². The number of hydrogen-bond donors (Lipinski definition) is 4. The van der Waals surface area contributed by atoms with E-state index in [4.69, 9.17) is 11.6 Å². The van der Waals surface area contributed by atoms with Gasteiger partial charge in [0.15, 0.2) is 0 Å². The van der Waals surface area contributed by atoms with E-state index in [2.05, 4.69) is 60.6 Å². The molecule has 0 aliphatic rings. The number of aliphatic hydroxyl groups excluding tert-OH is 1. The van der Waals surface area contributed by atoms with Crippen LogP contribution in [-0.4, -0.2) is 24.8 Å². The minimum absolute atomic E-state index is 0.216. The van der Waals surface area contributed by atoms with E-state index in [0.29, 0.717) is 10.7 Å². The standard InChI is InChI=1S/C20H28N4OS/c1-3-13-24(4-2)17-9-5-15(6-10-17)16-7-11-18(12-8-16)26-20(21)19(14-25)23-22/h5-12,23,25H,3-4,13-14,21-22H2,1-2H3/b20-19+. The lowest BCUT2D eigenvalue weighted by Gasteiger charge is -2.22. The third kappa shape index (κ3) is 5.17. The third-order valence-corrected chi connectivity index (χ3v) is 5.13. The number of nitrogens with zero attached hydrogens (tertiary/aromatic N) is 1. The van der Waals surface area contributed by atoms with Gasteiger partial charge in [0.1, 0.15) is 0 Å². The van der Waals surface area contributed by atoms with E-state index in [-0.39, 0.29) is 6.61 Å². The van der Waals surface area contributed by atoms with Crippen molar-refractivity contribution >= 4 is 17.4 Å². The number of thioether (sulfide) groups is 1. The average molecular weight is 373 g/mol. The molecule has 140 valence electrons. The fourth-order valence-corrected chi connectivity index (χ4v) is 3.48. The molecular weight excluding hydrogens is 344 g/mol. The molecule has 2 rings (SSSR count). The lowest BCUT2D eigenvalue weighted by Crippen LogP contribution is -2.26. The maximum atomic E-state index is 9.18. The fourth-order valence-electron chi connectivity index (χ4n) is 2.70. The zero-order valence-electron chi connectivity index (χ0n) is 15.4. The lowest BCUT2D eigenvalue weighted by atomic mass is 10.1. The maximum Gasteiger partial charge on any atom is 0.0935 e. The molecule has 0 unspecified atom stereocenters. The molecule has 0 fully saturated rings. The topological polar surface area (TPSA) is 87.5 Å². The smallest absolute Gasteiger partial charge is 0.0935 e. The highest BCUT2D eigenvalue weighted by Gasteiger charge is 2.06. The second kappa shape index (κ2) is 10.1. The van der Waals surface area contributed by atoms with Gasteiger partial charge in [0.25, 0.3) is 0 Å². The van der Waals surface area contributed by atoms with Crippen LogP contribution in [0, 0.1) is 0 Å². The van der Waals surface area contributed by atoms with Crippen molar-refractivity contribution in [3.8, 4) is 11.1 Å². The van der Waals surface area contributed by atoms with Gasteiger partial charge in [0, 0.05) is 23.7 Å². The molecule has 0 aliphatic heterocycles. The van der Waals surface area contributed by atoms with Crippen LogP contribution in [0.15, 0.2) is 64.2 Å². The molecule has 6 heteroatoms. The van der Waals surface area contributed by atoms with Crippen molar-refractivity contribution in [1.29, 1.82) is 0 Å². The highest BCUT2D eigenvalue weighted by Crippen LogP contribution is 2.28. The largest absolute Gasteiger partial charge is 0.392 e. The van der Waals surface area contributed by atoms with E-state index >= 15 is 0 Å². The van der Waals surface area contributed by atoms with Crippen LogP contribution in [-0.2, 0) is 0 Å². The SMILES string of the molecule is CCCN(CC)c1ccc(-c2ccc(S/C(N)=C(\CO)NN)cc2)cc1. The monoisotopic (exact) mass is 372 g/mol. The van der Waals surface area contributed by atoms with Crippen molar-refractivity contribution in [2.75, 3.05) is 24.6 Å². The molecule has 0 bridgehead atoms. The van der Waals surface area contributed by atoms with Gasteiger partial charge in [-0.15, -0.1) is 0 Å². The molecule has 0 aromatic heterocycles. The molecule has 5 nitrogen and oxygen atoms in total. The van der Waals surface area contributed by atoms with Gasteiger partial charge in [-0.3, -0.25) is 5.84 Å². The second-order valence-corrected chi connectivity index (χ2v) is 7.01. The van der Waals surface area contributed by atoms with Crippen molar-refractivity contribution in [3.05, 3.63) is 59.3 Å². The Bertz CT molecular complexity index is 708. The highest BCUT2D eigenvalue weighted by atomic mass is 32.2. The summed E-state index contributed by atoms with van der Waals surface area (Å²) in [6.45, 7) is 6.26. The molecule has 26 heavy (non-hydrogen) atoms. The summed E-state index contributed by atoms with van der Waals surface area (Å²) in [7, 11) is 0. The number of anilines is 1. The van der Waals surface area contributed by atoms with Crippen molar-refractivity contribution in [2.45, 2.75) is 25.2 Å². The summed E-state index contributed by atoms with van der Waals surface area (Å²) < 4.78 is 0. The number of hydrogen-bond acceptors (Lipinski definition) is 6. The highest BCUT2D eigenvalue weighted by molar-refractivity contribution is 8.03. The number of nitrogens with one attached hydrogen (secondary N) is 1. The Kier molecular flexibility index (Phi) is 7.84. The van der Waals surface area contributed by atoms with Crippen LogP contribution in [0.2, 0.25) is 0 Å². The number of aliphatic hydroxyl groups is 1. The predicted molar refractivity (Wildman–Crippen MR) is 112 cm³/mol. The van der Waals surface area contributed by atoms with Gasteiger partial charge in [0.2, 0.25) is 0 Å². The zero-order valence-corrected chi connectivity index (χ0v) is 16.2. The molecule has 0 heterocycles. The van der Waals surface area contributed by atoms with E-state index in [1.54, 1.807) is 0 Å². The van der Waals surface area contributed by atoms with Crippen LogP contribution in [0.4, 0.5) is 5.69 Å². The first kappa shape index (κ1) is 20.2. The summed E-state index contributed by atoms with van der Waals surface area (Å²) in [4.78, 5) is 3.37. The lowest BCUT2D eigenvalue weighted by molar-refractivity contribution is 0.321. The maximum absolute atomic E-state index is 9.18. The second-order valence-electron chi connectivity index (χ2n) is 5.90.